The molecule has 1 atom stereocenters. The molecule has 1 aliphatic heterocycles. The lowest BCUT2D eigenvalue weighted by molar-refractivity contribution is 0.154. The number of hydrogen-bond acceptors (Lipinski definition) is 5. The van der Waals surface area contributed by atoms with Crippen molar-refractivity contribution in [3.63, 3.8) is 0 Å². The highest BCUT2D eigenvalue weighted by Crippen LogP contribution is 2.19. The van der Waals surface area contributed by atoms with Gasteiger partial charge in [-0.1, -0.05) is 0 Å². The molecule has 1 aliphatic rings. The van der Waals surface area contributed by atoms with E-state index in [1.54, 1.807) is 18.4 Å². The van der Waals surface area contributed by atoms with Crippen LogP contribution in [0.15, 0.2) is 11.7 Å². The number of thiazole rings is 1. The van der Waals surface area contributed by atoms with Crippen LogP contribution in [0.1, 0.15) is 17.7 Å². The summed E-state index contributed by atoms with van der Waals surface area (Å²) < 4.78 is 24.6. The second-order valence-electron chi connectivity index (χ2n) is 4.78. The van der Waals surface area contributed by atoms with Crippen molar-refractivity contribution in [2.24, 2.45) is 0 Å². The van der Waals surface area contributed by atoms with E-state index >= 15 is 0 Å². The highest BCUT2D eigenvalue weighted by atomic mass is 32.2. The third-order valence-corrected chi connectivity index (χ3v) is 5.49. The number of piperidine rings is 1. The Bertz CT molecular complexity index is 472. The summed E-state index contributed by atoms with van der Waals surface area (Å²) in [4.78, 5) is 7.61. The van der Waals surface area contributed by atoms with Crippen LogP contribution in [0.5, 0.6) is 0 Å². The molecule has 1 aromatic rings. The molecule has 0 spiro atoms. The highest BCUT2D eigenvalue weighted by Gasteiger charge is 2.27. The first-order valence-electron chi connectivity index (χ1n) is 5.99. The molecule has 2 heterocycles. The van der Waals surface area contributed by atoms with Crippen molar-refractivity contribution in [3.05, 3.63) is 16.6 Å². The quantitative estimate of drug-likeness (QED) is 0.830. The van der Waals surface area contributed by atoms with Crippen molar-refractivity contribution in [2.45, 2.75) is 25.4 Å². The highest BCUT2D eigenvalue weighted by molar-refractivity contribution is 7.88. The molecule has 1 saturated heterocycles. The zero-order chi connectivity index (χ0) is 13.2. The van der Waals surface area contributed by atoms with Gasteiger partial charge in [-0.05, 0) is 19.4 Å². The zero-order valence-corrected chi connectivity index (χ0v) is 12.4. The van der Waals surface area contributed by atoms with Gasteiger partial charge in [0.25, 0.3) is 0 Å². The molecule has 5 nitrogen and oxygen atoms in total. The Morgan fingerprint density at radius 3 is 3.00 bits per heavy atom. The number of hydrogen-bond donors (Lipinski definition) is 0. The average Bonchev–Trinajstić information content (AvgIpc) is 2.80. The molecule has 0 aromatic carbocycles. The third-order valence-electron chi connectivity index (χ3n) is 3.38. The standard InChI is InChI=1S/C11H19N3O2S2/c1-13(18(2,15)16)10-4-3-5-14(7-10)8-11-6-12-9-17-11/h6,9-10H,3-5,7-8H2,1-2H3. The van der Waals surface area contributed by atoms with Gasteiger partial charge in [0.1, 0.15) is 0 Å². The lowest BCUT2D eigenvalue weighted by atomic mass is 10.1. The Labute approximate surface area is 112 Å². The molecule has 0 amide bonds. The molecule has 7 heteroatoms. The van der Waals surface area contributed by atoms with Crippen LogP contribution in [0, 0.1) is 0 Å². The predicted octanol–water partition coefficient (Wildman–Crippen LogP) is 0.999. The fourth-order valence-electron chi connectivity index (χ4n) is 2.28. The van der Waals surface area contributed by atoms with Crippen molar-refractivity contribution in [2.75, 3.05) is 26.4 Å². The smallest absolute Gasteiger partial charge is 0.211 e. The van der Waals surface area contributed by atoms with E-state index in [2.05, 4.69) is 9.88 Å². The Morgan fingerprint density at radius 2 is 2.39 bits per heavy atom. The first kappa shape index (κ1) is 13.9. The van der Waals surface area contributed by atoms with E-state index in [9.17, 15) is 8.42 Å². The molecule has 1 fully saturated rings. The number of likely N-dealkylation sites (tertiary alicyclic amines) is 1. The monoisotopic (exact) mass is 289 g/mol. The van der Waals surface area contributed by atoms with Crippen LogP contribution in [0.3, 0.4) is 0 Å². The van der Waals surface area contributed by atoms with Gasteiger partial charge in [-0.25, -0.2) is 12.7 Å². The van der Waals surface area contributed by atoms with Crippen LogP contribution in [0.25, 0.3) is 0 Å². The maximum absolute atomic E-state index is 11.6. The summed E-state index contributed by atoms with van der Waals surface area (Å²) in [5.74, 6) is 0. The van der Waals surface area contributed by atoms with Gasteiger partial charge in [0, 0.05) is 37.3 Å². The van der Waals surface area contributed by atoms with Crippen molar-refractivity contribution < 1.29 is 8.42 Å². The Balaban J connectivity index is 1.96. The summed E-state index contributed by atoms with van der Waals surface area (Å²) in [6.45, 7) is 2.71. The lowest BCUT2D eigenvalue weighted by Gasteiger charge is -2.36. The molecule has 1 unspecified atom stereocenters. The van der Waals surface area contributed by atoms with Crippen LogP contribution in [-0.2, 0) is 16.6 Å². The number of rotatable bonds is 4. The Hall–Kier alpha value is -0.500. The van der Waals surface area contributed by atoms with Gasteiger partial charge < -0.3 is 0 Å². The SMILES string of the molecule is CN(C1CCCN(Cc2cncs2)C1)S(C)(=O)=O. The molecule has 1 aromatic heterocycles. The minimum absolute atomic E-state index is 0.0988. The van der Waals surface area contributed by atoms with E-state index in [1.807, 2.05) is 11.7 Å². The van der Waals surface area contributed by atoms with Crippen molar-refractivity contribution in [1.29, 1.82) is 0 Å². The second kappa shape index (κ2) is 5.64. The normalized spacial score (nSPS) is 22.5. The van der Waals surface area contributed by atoms with Gasteiger partial charge in [0.2, 0.25) is 10.0 Å². The van der Waals surface area contributed by atoms with Gasteiger partial charge in [-0.2, -0.15) is 0 Å². The number of sulfonamides is 1. The Kier molecular flexibility index (Phi) is 4.37. The van der Waals surface area contributed by atoms with Crippen molar-refractivity contribution in [1.82, 2.24) is 14.2 Å². The maximum atomic E-state index is 11.6. The van der Waals surface area contributed by atoms with E-state index in [1.165, 1.54) is 15.4 Å². The molecule has 0 bridgehead atoms. The number of nitrogens with zero attached hydrogens (tertiary/aromatic N) is 3. The largest absolute Gasteiger partial charge is 0.297 e. The molecule has 0 saturated carbocycles. The van der Waals surface area contributed by atoms with Crippen LogP contribution in [0.4, 0.5) is 0 Å². The number of aromatic nitrogens is 1. The summed E-state index contributed by atoms with van der Waals surface area (Å²) in [6.07, 6.45) is 5.15. The second-order valence-corrected chi connectivity index (χ2v) is 7.79. The fraction of sp³-hybridized carbons (Fsp3) is 0.727. The summed E-state index contributed by atoms with van der Waals surface area (Å²) in [7, 11) is -1.41. The third kappa shape index (κ3) is 3.50. The molecule has 0 radical (unpaired) electrons. The van der Waals surface area contributed by atoms with E-state index in [-0.39, 0.29) is 6.04 Å². The zero-order valence-electron chi connectivity index (χ0n) is 10.7. The van der Waals surface area contributed by atoms with Crippen LogP contribution in [0.2, 0.25) is 0 Å². The van der Waals surface area contributed by atoms with Gasteiger partial charge >= 0.3 is 0 Å². The summed E-state index contributed by atoms with van der Waals surface area (Å²) in [5, 5.41) is 0. The molecule has 2 rings (SSSR count). The molecule has 0 aliphatic carbocycles. The first-order chi connectivity index (χ1) is 8.47. The van der Waals surface area contributed by atoms with E-state index in [4.69, 9.17) is 0 Å². The molecule has 18 heavy (non-hydrogen) atoms. The van der Waals surface area contributed by atoms with Crippen LogP contribution >= 0.6 is 11.3 Å². The summed E-state index contributed by atoms with van der Waals surface area (Å²) in [6, 6.07) is 0.0988. The van der Waals surface area contributed by atoms with E-state index in [0.717, 1.165) is 32.5 Å². The fourth-order valence-corrected chi connectivity index (χ4v) is 3.63. The van der Waals surface area contributed by atoms with Crippen molar-refractivity contribution in [3.8, 4) is 0 Å². The van der Waals surface area contributed by atoms with Crippen molar-refractivity contribution >= 4 is 21.4 Å². The maximum Gasteiger partial charge on any atom is 0.211 e. The molecule has 0 N–H and O–H groups in total. The molecule has 102 valence electrons. The number of likely N-dealkylation sites (N-methyl/N-ethyl adjacent to an activating group) is 1. The van der Waals surface area contributed by atoms with Gasteiger partial charge in [-0.3, -0.25) is 9.88 Å². The topological polar surface area (TPSA) is 53.5 Å². The van der Waals surface area contributed by atoms with Gasteiger partial charge in [-0.15, -0.1) is 11.3 Å². The van der Waals surface area contributed by atoms with Crippen LogP contribution < -0.4 is 0 Å². The minimum atomic E-state index is -3.09. The van der Waals surface area contributed by atoms with Gasteiger partial charge in [0.15, 0.2) is 0 Å². The van der Waals surface area contributed by atoms with Crippen LogP contribution in [-0.4, -0.2) is 55.0 Å². The predicted molar refractivity (Wildman–Crippen MR) is 73.0 cm³/mol. The minimum Gasteiger partial charge on any atom is -0.297 e. The molecular formula is C11H19N3O2S2. The molecular weight excluding hydrogens is 270 g/mol. The Morgan fingerprint density at radius 1 is 1.61 bits per heavy atom. The van der Waals surface area contributed by atoms with E-state index in [0.29, 0.717) is 0 Å². The summed E-state index contributed by atoms with van der Waals surface area (Å²) in [5.41, 5.74) is 1.83. The first-order valence-corrected chi connectivity index (χ1v) is 8.72. The average molecular weight is 289 g/mol. The van der Waals surface area contributed by atoms with E-state index < -0.39 is 10.0 Å². The summed E-state index contributed by atoms with van der Waals surface area (Å²) >= 11 is 1.65. The lowest BCUT2D eigenvalue weighted by Crippen LogP contribution is -2.47. The van der Waals surface area contributed by atoms with Gasteiger partial charge in [0.05, 0.1) is 11.8 Å².